The highest BCUT2D eigenvalue weighted by Gasteiger charge is 2.18. The summed E-state index contributed by atoms with van der Waals surface area (Å²) in [6.07, 6.45) is 4.82. The monoisotopic (exact) mass is 299 g/mol. The summed E-state index contributed by atoms with van der Waals surface area (Å²) in [4.78, 5) is 11.8. The van der Waals surface area contributed by atoms with Gasteiger partial charge in [0.1, 0.15) is 5.82 Å². The lowest BCUT2D eigenvalue weighted by atomic mass is 10.1. The zero-order chi connectivity index (χ0) is 12.3. The molecule has 1 saturated carbocycles. The van der Waals surface area contributed by atoms with Crippen molar-refractivity contribution in [1.82, 2.24) is 5.32 Å². The molecule has 1 N–H and O–H groups in total. The van der Waals surface area contributed by atoms with Crippen molar-refractivity contribution in [3.8, 4) is 0 Å². The number of benzene rings is 1. The van der Waals surface area contributed by atoms with Crippen molar-refractivity contribution >= 4 is 21.8 Å². The van der Waals surface area contributed by atoms with E-state index in [-0.39, 0.29) is 11.5 Å². The van der Waals surface area contributed by atoms with Gasteiger partial charge < -0.3 is 5.32 Å². The second-order valence-corrected chi connectivity index (χ2v) is 5.32. The van der Waals surface area contributed by atoms with Gasteiger partial charge in [-0.05, 0) is 46.8 Å². The van der Waals surface area contributed by atoms with Gasteiger partial charge in [0.15, 0.2) is 0 Å². The van der Waals surface area contributed by atoms with Crippen molar-refractivity contribution in [2.24, 2.45) is 5.92 Å². The highest BCUT2D eigenvalue weighted by Crippen LogP contribution is 2.24. The van der Waals surface area contributed by atoms with Crippen LogP contribution in [0.25, 0.3) is 0 Å². The standard InChI is InChI=1S/C13H15BrFNO/c14-11-7-3-6-10(12(11)15)13(17)16-8-9-4-1-2-5-9/h3,6-7,9H,1-2,4-5,8H2,(H,16,17). The topological polar surface area (TPSA) is 29.1 Å². The van der Waals surface area contributed by atoms with Gasteiger partial charge in [-0.2, -0.15) is 0 Å². The summed E-state index contributed by atoms with van der Waals surface area (Å²) < 4.78 is 14.0. The molecule has 0 bridgehead atoms. The van der Waals surface area contributed by atoms with E-state index >= 15 is 0 Å². The first-order valence-corrected chi connectivity index (χ1v) is 6.70. The molecule has 0 saturated heterocycles. The Labute approximate surface area is 109 Å². The lowest BCUT2D eigenvalue weighted by molar-refractivity contribution is 0.0943. The molecule has 0 aliphatic heterocycles. The number of amides is 1. The number of carbonyl (C=O) groups is 1. The Morgan fingerprint density at radius 1 is 1.41 bits per heavy atom. The maximum absolute atomic E-state index is 13.6. The predicted octanol–water partition coefficient (Wildman–Crippen LogP) is 3.51. The molecule has 1 aromatic carbocycles. The van der Waals surface area contributed by atoms with Gasteiger partial charge in [0, 0.05) is 6.54 Å². The molecular formula is C13H15BrFNO. The minimum absolute atomic E-state index is 0.109. The van der Waals surface area contributed by atoms with E-state index in [2.05, 4.69) is 21.2 Å². The summed E-state index contributed by atoms with van der Waals surface area (Å²) in [5.41, 5.74) is 0.109. The van der Waals surface area contributed by atoms with Crippen LogP contribution in [0.3, 0.4) is 0 Å². The van der Waals surface area contributed by atoms with E-state index in [1.54, 1.807) is 12.1 Å². The molecule has 1 aromatic rings. The maximum atomic E-state index is 13.6. The predicted molar refractivity (Wildman–Crippen MR) is 68.4 cm³/mol. The van der Waals surface area contributed by atoms with Crippen LogP contribution in [0.4, 0.5) is 4.39 Å². The summed E-state index contributed by atoms with van der Waals surface area (Å²) in [5, 5.41) is 2.81. The Hall–Kier alpha value is -0.900. The second-order valence-electron chi connectivity index (χ2n) is 4.46. The summed E-state index contributed by atoms with van der Waals surface area (Å²) in [5.74, 6) is -0.249. The van der Waals surface area contributed by atoms with Crippen LogP contribution in [-0.2, 0) is 0 Å². The third-order valence-electron chi connectivity index (χ3n) is 3.22. The average molecular weight is 300 g/mol. The fourth-order valence-electron chi connectivity index (χ4n) is 2.23. The van der Waals surface area contributed by atoms with Crippen LogP contribution in [-0.4, -0.2) is 12.5 Å². The lowest BCUT2D eigenvalue weighted by Gasteiger charge is -2.11. The Morgan fingerprint density at radius 2 is 2.12 bits per heavy atom. The summed E-state index contributed by atoms with van der Waals surface area (Å²) in [7, 11) is 0. The quantitative estimate of drug-likeness (QED) is 0.909. The third kappa shape index (κ3) is 3.06. The van der Waals surface area contributed by atoms with Crippen LogP contribution in [0.5, 0.6) is 0 Å². The molecule has 4 heteroatoms. The lowest BCUT2D eigenvalue weighted by Crippen LogP contribution is -2.29. The van der Waals surface area contributed by atoms with Crippen LogP contribution in [0, 0.1) is 11.7 Å². The molecule has 1 aliphatic carbocycles. The Morgan fingerprint density at radius 3 is 2.82 bits per heavy atom. The Bertz CT molecular complexity index is 416. The molecule has 2 rings (SSSR count). The highest BCUT2D eigenvalue weighted by molar-refractivity contribution is 9.10. The minimum atomic E-state index is -0.489. The minimum Gasteiger partial charge on any atom is -0.352 e. The molecular weight excluding hydrogens is 285 g/mol. The highest BCUT2D eigenvalue weighted by atomic mass is 79.9. The molecule has 17 heavy (non-hydrogen) atoms. The van der Waals surface area contributed by atoms with E-state index in [1.165, 1.54) is 31.7 Å². The molecule has 0 radical (unpaired) electrons. The average Bonchev–Trinajstić information content (AvgIpc) is 2.82. The molecule has 1 amide bonds. The van der Waals surface area contributed by atoms with Gasteiger partial charge in [-0.1, -0.05) is 18.9 Å². The molecule has 1 fully saturated rings. The number of hydrogen-bond acceptors (Lipinski definition) is 1. The van der Waals surface area contributed by atoms with Gasteiger partial charge in [-0.15, -0.1) is 0 Å². The van der Waals surface area contributed by atoms with Crippen molar-refractivity contribution < 1.29 is 9.18 Å². The first kappa shape index (κ1) is 12.6. The largest absolute Gasteiger partial charge is 0.352 e. The molecule has 0 aromatic heterocycles. The smallest absolute Gasteiger partial charge is 0.254 e. The van der Waals surface area contributed by atoms with Gasteiger partial charge >= 0.3 is 0 Å². The molecule has 92 valence electrons. The van der Waals surface area contributed by atoms with Crippen molar-refractivity contribution in [3.63, 3.8) is 0 Å². The zero-order valence-corrected chi connectivity index (χ0v) is 11.1. The molecule has 0 unspecified atom stereocenters. The van der Waals surface area contributed by atoms with Crippen LogP contribution in [0.15, 0.2) is 22.7 Å². The zero-order valence-electron chi connectivity index (χ0n) is 9.51. The van der Waals surface area contributed by atoms with Crippen LogP contribution < -0.4 is 5.32 Å². The SMILES string of the molecule is O=C(NCC1CCCC1)c1cccc(Br)c1F. The van der Waals surface area contributed by atoms with Crippen molar-refractivity contribution in [1.29, 1.82) is 0 Å². The maximum Gasteiger partial charge on any atom is 0.254 e. The van der Waals surface area contributed by atoms with Crippen LogP contribution in [0.2, 0.25) is 0 Å². The summed E-state index contributed by atoms with van der Waals surface area (Å²) in [6, 6.07) is 4.75. The van der Waals surface area contributed by atoms with Crippen LogP contribution in [0.1, 0.15) is 36.0 Å². The van der Waals surface area contributed by atoms with Gasteiger partial charge in [0.05, 0.1) is 10.0 Å². The summed E-state index contributed by atoms with van der Waals surface area (Å²) >= 11 is 3.08. The van der Waals surface area contributed by atoms with Gasteiger partial charge in [-0.3, -0.25) is 4.79 Å². The molecule has 1 aliphatic rings. The van der Waals surface area contributed by atoms with E-state index in [9.17, 15) is 9.18 Å². The van der Waals surface area contributed by atoms with Gasteiger partial charge in [-0.25, -0.2) is 4.39 Å². The fourth-order valence-corrected chi connectivity index (χ4v) is 2.59. The van der Waals surface area contributed by atoms with E-state index in [1.807, 2.05) is 0 Å². The first-order valence-electron chi connectivity index (χ1n) is 5.90. The number of halogens is 2. The molecule has 0 atom stereocenters. The Kier molecular flexibility index (Phi) is 4.15. The fraction of sp³-hybridized carbons (Fsp3) is 0.462. The Balaban J connectivity index is 1.97. The molecule has 2 nitrogen and oxygen atoms in total. The number of nitrogens with one attached hydrogen (secondary N) is 1. The molecule has 0 heterocycles. The molecule has 0 spiro atoms. The van der Waals surface area contributed by atoms with Gasteiger partial charge in [0.25, 0.3) is 5.91 Å². The second kappa shape index (κ2) is 5.63. The third-order valence-corrected chi connectivity index (χ3v) is 3.83. The van der Waals surface area contributed by atoms with E-state index in [4.69, 9.17) is 0 Å². The summed E-state index contributed by atoms with van der Waals surface area (Å²) in [6.45, 7) is 0.658. The number of carbonyl (C=O) groups excluding carboxylic acids is 1. The first-order chi connectivity index (χ1) is 8.18. The normalized spacial score (nSPS) is 16.1. The van der Waals surface area contributed by atoms with Crippen molar-refractivity contribution in [3.05, 3.63) is 34.1 Å². The number of rotatable bonds is 3. The van der Waals surface area contributed by atoms with Gasteiger partial charge in [0.2, 0.25) is 0 Å². The van der Waals surface area contributed by atoms with Crippen molar-refractivity contribution in [2.75, 3.05) is 6.54 Å². The number of hydrogen-bond donors (Lipinski definition) is 1. The van der Waals surface area contributed by atoms with Crippen molar-refractivity contribution in [2.45, 2.75) is 25.7 Å². The van der Waals surface area contributed by atoms with Crippen LogP contribution >= 0.6 is 15.9 Å². The van der Waals surface area contributed by atoms with E-state index < -0.39 is 5.82 Å². The van der Waals surface area contributed by atoms with E-state index in [0.29, 0.717) is 16.9 Å². The van der Waals surface area contributed by atoms with E-state index in [0.717, 1.165) is 0 Å².